The first-order valence-electron chi connectivity index (χ1n) is 21.1. The number of benzene rings is 6. The van der Waals surface area contributed by atoms with Crippen molar-refractivity contribution in [3.63, 3.8) is 0 Å². The van der Waals surface area contributed by atoms with E-state index in [2.05, 4.69) is 173 Å². The van der Waals surface area contributed by atoms with Crippen LogP contribution in [0, 0.1) is 0 Å². The minimum atomic E-state index is -0.838. The first-order chi connectivity index (χ1) is 29.9. The number of rotatable bonds is 17. The number of nitrogens with zero attached hydrogens (tertiary/aromatic N) is 2. The number of hydrogen-bond donors (Lipinski definition) is 2. The number of carboxylic acid groups (broad SMARTS) is 2. The second-order valence-corrected chi connectivity index (χ2v) is 16.1. The molecule has 2 N–H and O–H groups in total. The number of hydrogen-bond acceptors (Lipinski definition) is 3. The fraction of sp³-hybridized carbons (Fsp3) is 0.182. The van der Waals surface area contributed by atoms with E-state index in [4.69, 9.17) is 0 Å². The Morgan fingerprint density at radius 1 is 0.508 bits per heavy atom. The molecule has 0 unspecified atom stereocenters. The van der Waals surface area contributed by atoms with Crippen molar-refractivity contribution in [2.45, 2.75) is 49.4 Å². The Morgan fingerprint density at radius 2 is 0.967 bits per heavy atom. The number of aliphatic carboxylic acids is 2. The summed E-state index contributed by atoms with van der Waals surface area (Å²) < 4.78 is 2.21. The standard InChI is InChI=1S/C55H50N2O4/c58-52(59)34-36-56-48-30-18-16-28-46(48)54(38-42-20-6-1-7-21-42,39-43-22-8-2-9-23-43)50(56)32-14-5-15-33-51-55(40-44-24-10-3-11-25-44,41-45-26-12-4-13-27-45)47-29-17-19-31-49(47)57(51)37-35-53(60)61/h1-33H,34-41H2,(H-,58,59,60,61)/p+1. The third-order valence-corrected chi connectivity index (χ3v) is 12.2. The van der Waals surface area contributed by atoms with Gasteiger partial charge < -0.3 is 15.1 Å². The summed E-state index contributed by atoms with van der Waals surface area (Å²) in [5, 5.41) is 19.9. The molecule has 0 radical (unpaired) electrons. The van der Waals surface area contributed by atoms with E-state index in [1.165, 1.54) is 33.4 Å². The number of carboxylic acids is 2. The Kier molecular flexibility index (Phi) is 12.3. The lowest BCUT2D eigenvalue weighted by Crippen LogP contribution is -2.39. The van der Waals surface area contributed by atoms with Crippen LogP contribution in [0.15, 0.2) is 206 Å². The Morgan fingerprint density at radius 3 is 1.49 bits per heavy atom. The highest BCUT2D eigenvalue weighted by Gasteiger charge is 2.51. The Hall–Kier alpha value is -7.05. The summed E-state index contributed by atoms with van der Waals surface area (Å²) in [6.07, 6.45) is 13.5. The molecular formula is C55H51N2O4+. The maximum absolute atomic E-state index is 12.1. The van der Waals surface area contributed by atoms with E-state index in [1.807, 2.05) is 36.4 Å². The average Bonchev–Trinajstić information content (AvgIpc) is 3.67. The molecule has 0 bridgehead atoms. The predicted octanol–water partition coefficient (Wildman–Crippen LogP) is 10.7. The van der Waals surface area contributed by atoms with Crippen LogP contribution in [-0.4, -0.2) is 45.5 Å². The first-order valence-corrected chi connectivity index (χ1v) is 21.1. The SMILES string of the molecule is O=C(O)CCN1/C(=C/C=C/C=C/C2=[N+](CCC(=O)O)c3ccccc3C2(Cc2ccccc2)Cc2ccccc2)C(Cc2ccccc2)(Cc2ccccc2)c2ccccc21. The van der Waals surface area contributed by atoms with Crippen LogP contribution < -0.4 is 4.90 Å². The molecule has 0 amide bonds. The van der Waals surface area contributed by atoms with Crippen LogP contribution in [0.1, 0.15) is 46.2 Å². The van der Waals surface area contributed by atoms with Crippen molar-refractivity contribution < 1.29 is 24.4 Å². The van der Waals surface area contributed by atoms with Gasteiger partial charge in [0.1, 0.15) is 6.42 Å². The van der Waals surface area contributed by atoms with Crippen molar-refractivity contribution >= 4 is 29.0 Å². The lowest BCUT2D eigenvalue weighted by atomic mass is 9.69. The van der Waals surface area contributed by atoms with Crippen molar-refractivity contribution in [3.8, 4) is 0 Å². The zero-order valence-electron chi connectivity index (χ0n) is 34.3. The number of carbonyl (C=O) groups is 2. The molecule has 0 spiro atoms. The van der Waals surface area contributed by atoms with Gasteiger partial charge in [0.15, 0.2) is 12.3 Å². The number of fused-ring (bicyclic) bond motifs is 2. The van der Waals surface area contributed by atoms with Crippen LogP contribution >= 0.6 is 0 Å². The summed E-state index contributed by atoms with van der Waals surface area (Å²) >= 11 is 0. The number of allylic oxidation sites excluding steroid dienone is 6. The van der Waals surface area contributed by atoms with Crippen molar-refractivity contribution in [1.29, 1.82) is 0 Å². The van der Waals surface area contributed by atoms with Crippen molar-refractivity contribution in [2.75, 3.05) is 18.0 Å². The largest absolute Gasteiger partial charge is 0.481 e. The Labute approximate surface area is 358 Å². The molecular weight excluding hydrogens is 753 g/mol. The zero-order valence-corrected chi connectivity index (χ0v) is 34.3. The second-order valence-electron chi connectivity index (χ2n) is 16.1. The fourth-order valence-electron chi connectivity index (χ4n) is 9.68. The lowest BCUT2D eigenvalue weighted by molar-refractivity contribution is -0.436. The lowest BCUT2D eigenvalue weighted by Gasteiger charge is -2.34. The predicted molar refractivity (Wildman–Crippen MR) is 245 cm³/mol. The smallest absolute Gasteiger partial charge is 0.309 e. The van der Waals surface area contributed by atoms with Gasteiger partial charge in [0.2, 0.25) is 5.69 Å². The Bertz CT molecular complexity index is 2510. The van der Waals surface area contributed by atoms with Gasteiger partial charge in [-0.15, -0.1) is 0 Å². The molecule has 0 aliphatic carbocycles. The summed E-state index contributed by atoms with van der Waals surface area (Å²) in [6.45, 7) is 0.673. The maximum atomic E-state index is 12.1. The van der Waals surface area contributed by atoms with Crippen molar-refractivity contribution in [1.82, 2.24) is 0 Å². The topological polar surface area (TPSA) is 80.8 Å². The number of para-hydroxylation sites is 2. The molecule has 61 heavy (non-hydrogen) atoms. The van der Waals surface area contributed by atoms with E-state index >= 15 is 0 Å². The van der Waals surface area contributed by atoms with Gasteiger partial charge in [0, 0.05) is 41.1 Å². The van der Waals surface area contributed by atoms with Crippen LogP contribution in [-0.2, 0) is 46.1 Å². The summed E-state index contributed by atoms with van der Waals surface area (Å²) in [4.78, 5) is 26.4. The summed E-state index contributed by atoms with van der Waals surface area (Å²) in [6, 6.07) is 59.1. The van der Waals surface area contributed by atoms with E-state index < -0.39 is 22.8 Å². The quantitative estimate of drug-likeness (QED) is 0.0709. The molecule has 6 aromatic carbocycles. The second kappa shape index (κ2) is 18.5. The third-order valence-electron chi connectivity index (χ3n) is 12.2. The van der Waals surface area contributed by atoms with Crippen LogP contribution in [0.25, 0.3) is 0 Å². The third kappa shape index (κ3) is 8.80. The molecule has 6 aromatic rings. The van der Waals surface area contributed by atoms with E-state index in [9.17, 15) is 19.8 Å². The molecule has 6 nitrogen and oxygen atoms in total. The van der Waals surface area contributed by atoms with E-state index in [1.54, 1.807) is 0 Å². The van der Waals surface area contributed by atoms with Gasteiger partial charge in [-0.05, 0) is 65.6 Å². The molecule has 0 aromatic heterocycles. The minimum Gasteiger partial charge on any atom is -0.481 e. The molecule has 0 fully saturated rings. The molecule has 2 heterocycles. The van der Waals surface area contributed by atoms with Gasteiger partial charge >= 0.3 is 11.9 Å². The van der Waals surface area contributed by atoms with Crippen LogP contribution in [0.2, 0.25) is 0 Å². The summed E-state index contributed by atoms with van der Waals surface area (Å²) in [5.41, 5.74) is 10.4. The molecule has 304 valence electrons. The Balaban J connectivity index is 1.26. The maximum Gasteiger partial charge on any atom is 0.309 e. The fourth-order valence-corrected chi connectivity index (χ4v) is 9.68. The number of anilines is 1. The van der Waals surface area contributed by atoms with Gasteiger partial charge in [-0.25, -0.2) is 0 Å². The first kappa shape index (κ1) is 40.7. The van der Waals surface area contributed by atoms with Crippen LogP contribution in [0.4, 0.5) is 11.4 Å². The van der Waals surface area contributed by atoms with Crippen molar-refractivity contribution in [2.24, 2.45) is 0 Å². The average molecular weight is 804 g/mol. The highest BCUT2D eigenvalue weighted by atomic mass is 16.4. The monoisotopic (exact) mass is 803 g/mol. The molecule has 2 aliphatic heterocycles. The highest BCUT2D eigenvalue weighted by Crippen LogP contribution is 2.52. The highest BCUT2D eigenvalue weighted by molar-refractivity contribution is 6.04. The molecule has 0 saturated heterocycles. The zero-order chi connectivity index (χ0) is 42.1. The summed E-state index contributed by atoms with van der Waals surface area (Å²) in [5.74, 6) is -1.68. The molecule has 6 heteroatoms. The van der Waals surface area contributed by atoms with Gasteiger partial charge in [-0.3, -0.25) is 9.59 Å². The van der Waals surface area contributed by atoms with Gasteiger partial charge in [-0.2, -0.15) is 4.58 Å². The van der Waals surface area contributed by atoms with E-state index in [0.717, 1.165) is 48.5 Å². The molecule has 8 rings (SSSR count). The normalized spacial score (nSPS) is 15.7. The van der Waals surface area contributed by atoms with Crippen molar-refractivity contribution in [3.05, 3.63) is 239 Å². The van der Waals surface area contributed by atoms with Crippen LogP contribution in [0.3, 0.4) is 0 Å². The van der Waals surface area contributed by atoms with Gasteiger partial charge in [0.25, 0.3) is 0 Å². The summed E-state index contributed by atoms with van der Waals surface area (Å²) in [7, 11) is 0. The van der Waals surface area contributed by atoms with Gasteiger partial charge in [-0.1, -0.05) is 176 Å². The van der Waals surface area contributed by atoms with Crippen LogP contribution in [0.5, 0.6) is 0 Å². The molecule has 2 aliphatic rings. The van der Waals surface area contributed by atoms with E-state index in [0.29, 0.717) is 13.1 Å². The van der Waals surface area contributed by atoms with Gasteiger partial charge in [0.05, 0.1) is 11.8 Å². The molecule has 0 saturated carbocycles. The molecule has 0 atom stereocenters. The van der Waals surface area contributed by atoms with E-state index in [-0.39, 0.29) is 12.8 Å². The minimum absolute atomic E-state index is 0.00197.